The van der Waals surface area contributed by atoms with E-state index < -0.39 is 17.5 Å². The van der Waals surface area contributed by atoms with Crippen LogP contribution in [0.1, 0.15) is 28.8 Å². The molecule has 1 aliphatic rings. The van der Waals surface area contributed by atoms with Crippen LogP contribution in [0.5, 0.6) is 0 Å². The highest BCUT2D eigenvalue weighted by Crippen LogP contribution is 2.31. The average molecular weight is 476 g/mol. The van der Waals surface area contributed by atoms with Crippen molar-refractivity contribution in [1.29, 1.82) is 0 Å². The molecule has 0 unspecified atom stereocenters. The van der Waals surface area contributed by atoms with E-state index in [0.717, 1.165) is 36.0 Å². The minimum Gasteiger partial charge on any atom is -0.452 e. The standard InChI is InChI=1S/C21H22BrN3O5/c1-23(13-16-6-2-3-7-17(16)22)20(26)14-30-21(27)15-8-9-18(19(12-15)25(28)29)24-10-4-5-11-24/h2-3,6-9,12H,4-5,10-11,13-14H2,1H3. The second-order valence-electron chi connectivity index (χ2n) is 7.07. The Bertz CT molecular complexity index is 959. The van der Waals surface area contributed by atoms with Crippen molar-refractivity contribution >= 4 is 39.2 Å². The minimum absolute atomic E-state index is 0.0471. The summed E-state index contributed by atoms with van der Waals surface area (Å²) in [6, 6.07) is 11.8. The van der Waals surface area contributed by atoms with Gasteiger partial charge in [0.05, 0.1) is 10.5 Å². The summed E-state index contributed by atoms with van der Waals surface area (Å²) >= 11 is 3.43. The predicted octanol–water partition coefficient (Wildman–Crippen LogP) is 3.77. The van der Waals surface area contributed by atoms with Crippen molar-refractivity contribution < 1.29 is 19.2 Å². The highest BCUT2D eigenvalue weighted by atomic mass is 79.9. The molecule has 9 heteroatoms. The highest BCUT2D eigenvalue weighted by molar-refractivity contribution is 9.10. The SMILES string of the molecule is CN(Cc1ccccc1Br)C(=O)COC(=O)c1ccc(N2CCCC2)c([N+](=O)[O-])c1. The smallest absolute Gasteiger partial charge is 0.338 e. The van der Waals surface area contributed by atoms with Gasteiger partial charge in [0, 0.05) is 37.2 Å². The number of hydrogen-bond donors (Lipinski definition) is 0. The summed E-state index contributed by atoms with van der Waals surface area (Å²) in [5.41, 5.74) is 1.33. The van der Waals surface area contributed by atoms with E-state index >= 15 is 0 Å². The van der Waals surface area contributed by atoms with Gasteiger partial charge in [-0.25, -0.2) is 4.79 Å². The average Bonchev–Trinajstić information content (AvgIpc) is 3.27. The quantitative estimate of drug-likeness (QED) is 0.343. The van der Waals surface area contributed by atoms with Crippen LogP contribution in [0.15, 0.2) is 46.9 Å². The number of nitrogens with zero attached hydrogens (tertiary/aromatic N) is 3. The minimum atomic E-state index is -0.770. The number of anilines is 1. The predicted molar refractivity (Wildman–Crippen MR) is 115 cm³/mol. The molecule has 1 heterocycles. The van der Waals surface area contributed by atoms with Crippen LogP contribution in [0.3, 0.4) is 0 Å². The van der Waals surface area contributed by atoms with Crippen LogP contribution in [0.2, 0.25) is 0 Å². The van der Waals surface area contributed by atoms with E-state index in [2.05, 4.69) is 15.9 Å². The van der Waals surface area contributed by atoms with Crippen molar-refractivity contribution in [3.05, 3.63) is 68.2 Å². The molecule has 1 fully saturated rings. The maximum absolute atomic E-state index is 12.4. The Morgan fingerprint density at radius 2 is 1.90 bits per heavy atom. The molecule has 30 heavy (non-hydrogen) atoms. The van der Waals surface area contributed by atoms with Crippen LogP contribution >= 0.6 is 15.9 Å². The number of carbonyl (C=O) groups excluding carboxylic acids is 2. The number of likely N-dealkylation sites (N-methyl/N-ethyl adjacent to an activating group) is 1. The molecule has 3 rings (SSSR count). The molecule has 0 radical (unpaired) electrons. The number of halogens is 1. The van der Waals surface area contributed by atoms with Gasteiger partial charge >= 0.3 is 5.97 Å². The molecule has 0 saturated carbocycles. The van der Waals surface area contributed by atoms with Crippen molar-refractivity contribution in [2.75, 3.05) is 31.6 Å². The molecule has 1 saturated heterocycles. The first-order valence-electron chi connectivity index (χ1n) is 9.54. The first kappa shape index (κ1) is 21.8. The lowest BCUT2D eigenvalue weighted by atomic mass is 10.1. The summed E-state index contributed by atoms with van der Waals surface area (Å²) in [5.74, 6) is -1.14. The zero-order chi connectivity index (χ0) is 21.7. The number of nitro benzene ring substituents is 1. The van der Waals surface area contributed by atoms with Gasteiger partial charge < -0.3 is 14.5 Å². The number of rotatable bonds is 7. The van der Waals surface area contributed by atoms with Crippen LogP contribution in [0, 0.1) is 10.1 Å². The zero-order valence-corrected chi connectivity index (χ0v) is 18.1. The van der Waals surface area contributed by atoms with Crippen LogP contribution in [0.25, 0.3) is 0 Å². The van der Waals surface area contributed by atoms with E-state index in [1.54, 1.807) is 13.1 Å². The molecule has 0 atom stereocenters. The molecule has 8 nitrogen and oxygen atoms in total. The third-order valence-corrected chi connectivity index (χ3v) is 5.75. The molecule has 1 aliphatic heterocycles. The topological polar surface area (TPSA) is 93.0 Å². The molecule has 0 bridgehead atoms. The lowest BCUT2D eigenvalue weighted by Gasteiger charge is -2.19. The summed E-state index contributed by atoms with van der Waals surface area (Å²) in [6.45, 7) is 1.42. The summed E-state index contributed by atoms with van der Waals surface area (Å²) in [7, 11) is 1.62. The lowest BCUT2D eigenvalue weighted by molar-refractivity contribution is -0.384. The Kier molecular flexibility index (Phi) is 7.04. The molecule has 158 valence electrons. The van der Waals surface area contributed by atoms with Crippen LogP contribution < -0.4 is 4.90 Å². The van der Waals surface area contributed by atoms with E-state index in [1.165, 1.54) is 17.0 Å². The molecule has 0 spiro atoms. The number of carbonyl (C=O) groups is 2. The third kappa shape index (κ3) is 5.15. The van der Waals surface area contributed by atoms with E-state index in [4.69, 9.17) is 4.74 Å². The molecule has 2 aromatic rings. The van der Waals surface area contributed by atoms with Crippen LogP contribution in [0.4, 0.5) is 11.4 Å². The number of nitro groups is 1. The van der Waals surface area contributed by atoms with Crippen molar-refractivity contribution in [3.63, 3.8) is 0 Å². The Labute approximate surface area is 182 Å². The normalized spacial score (nSPS) is 13.2. The Hall–Kier alpha value is -2.94. The van der Waals surface area contributed by atoms with E-state index in [-0.39, 0.29) is 17.2 Å². The van der Waals surface area contributed by atoms with Gasteiger partial charge in [-0.1, -0.05) is 34.1 Å². The number of ether oxygens (including phenoxy) is 1. The second kappa shape index (κ2) is 9.71. The maximum atomic E-state index is 12.4. The molecular formula is C21H22BrN3O5. The largest absolute Gasteiger partial charge is 0.452 e. The Balaban J connectivity index is 1.62. The van der Waals surface area contributed by atoms with Crippen LogP contribution in [-0.2, 0) is 16.1 Å². The Morgan fingerprint density at radius 1 is 1.20 bits per heavy atom. The van der Waals surface area contributed by atoms with Gasteiger partial charge in [0.15, 0.2) is 6.61 Å². The molecule has 0 N–H and O–H groups in total. The van der Waals surface area contributed by atoms with Gasteiger partial charge in [-0.15, -0.1) is 0 Å². The highest BCUT2D eigenvalue weighted by Gasteiger charge is 2.24. The fraction of sp³-hybridized carbons (Fsp3) is 0.333. The fourth-order valence-corrected chi connectivity index (χ4v) is 3.72. The summed E-state index contributed by atoms with van der Waals surface area (Å²) in [4.78, 5) is 39.0. The number of esters is 1. The first-order valence-corrected chi connectivity index (χ1v) is 10.3. The number of amides is 1. The van der Waals surface area contributed by atoms with Gasteiger partial charge in [-0.2, -0.15) is 0 Å². The second-order valence-corrected chi connectivity index (χ2v) is 7.93. The van der Waals surface area contributed by atoms with Gasteiger partial charge in [0.25, 0.3) is 11.6 Å². The van der Waals surface area contributed by atoms with E-state index in [9.17, 15) is 19.7 Å². The lowest BCUT2D eigenvalue weighted by Crippen LogP contribution is -2.31. The number of hydrogen-bond acceptors (Lipinski definition) is 6. The van der Waals surface area contributed by atoms with Crippen LogP contribution in [-0.4, -0.2) is 48.4 Å². The summed E-state index contributed by atoms with van der Waals surface area (Å²) in [5, 5.41) is 11.5. The van der Waals surface area contributed by atoms with Gasteiger partial charge in [-0.05, 0) is 36.6 Å². The van der Waals surface area contributed by atoms with Crippen molar-refractivity contribution in [3.8, 4) is 0 Å². The van der Waals surface area contributed by atoms with E-state index in [0.29, 0.717) is 12.2 Å². The third-order valence-electron chi connectivity index (χ3n) is 4.97. The van der Waals surface area contributed by atoms with Gasteiger partial charge in [0.2, 0.25) is 0 Å². The summed E-state index contributed by atoms with van der Waals surface area (Å²) in [6.07, 6.45) is 1.96. The zero-order valence-electron chi connectivity index (χ0n) is 16.5. The van der Waals surface area contributed by atoms with Gasteiger partial charge in [-0.3, -0.25) is 14.9 Å². The Morgan fingerprint density at radius 3 is 2.57 bits per heavy atom. The maximum Gasteiger partial charge on any atom is 0.338 e. The molecule has 0 aliphatic carbocycles. The van der Waals surface area contributed by atoms with Crippen molar-refractivity contribution in [2.45, 2.75) is 19.4 Å². The molecular weight excluding hydrogens is 454 g/mol. The van der Waals surface area contributed by atoms with Crippen molar-refractivity contribution in [1.82, 2.24) is 4.90 Å². The molecule has 1 amide bonds. The van der Waals surface area contributed by atoms with E-state index in [1.807, 2.05) is 29.2 Å². The fourth-order valence-electron chi connectivity index (χ4n) is 3.31. The molecule has 0 aromatic heterocycles. The van der Waals surface area contributed by atoms with Gasteiger partial charge in [0.1, 0.15) is 5.69 Å². The van der Waals surface area contributed by atoms with Crippen molar-refractivity contribution in [2.24, 2.45) is 0 Å². The first-order chi connectivity index (χ1) is 14.4. The summed E-state index contributed by atoms with van der Waals surface area (Å²) < 4.78 is 5.98. The monoisotopic (exact) mass is 475 g/mol. The molecule has 2 aromatic carbocycles. The number of benzene rings is 2.